The first-order chi connectivity index (χ1) is 13.8. The number of ketones is 1. The molecule has 3 aliphatic carbocycles. The van der Waals surface area contributed by atoms with Crippen LogP contribution >= 0.6 is 0 Å². The quantitative estimate of drug-likeness (QED) is 0.342. The Morgan fingerprint density at radius 1 is 1.00 bits per heavy atom. The van der Waals surface area contributed by atoms with Crippen molar-refractivity contribution >= 4 is 43.2 Å². The maximum atomic E-state index is 12.7. The number of rotatable bonds is 3. The van der Waals surface area contributed by atoms with E-state index in [0.717, 1.165) is 18.6 Å². The van der Waals surface area contributed by atoms with E-state index in [1.807, 2.05) is 0 Å². The Labute approximate surface area is 175 Å². The summed E-state index contributed by atoms with van der Waals surface area (Å²) >= 11 is 0. The molecular formula is C17H26N4O7S2. The highest BCUT2D eigenvalue weighted by atomic mass is 32.2. The van der Waals surface area contributed by atoms with Gasteiger partial charge in [-0.25, -0.2) is 0 Å². The third-order valence-corrected chi connectivity index (χ3v) is 8.67. The molecule has 0 amide bonds. The standard InChI is InChI=1S/C17H26N4O7S2/c1-8-2-4-10(5-3-8)20-21-16-12(30(26,27)28)7-9-6-11(29(23,24)25)14(18)17(22)13(9)15(16)19/h8-9,11-13,15,18H,2-7,19H2,1H3,(H,23,24,25)(H,26,27,28)/b18-14?,20-10?,21-16+. The van der Waals surface area contributed by atoms with E-state index in [0.29, 0.717) is 18.8 Å². The van der Waals surface area contributed by atoms with Crippen molar-refractivity contribution in [1.29, 1.82) is 5.41 Å². The fourth-order valence-corrected chi connectivity index (χ4v) is 6.49. The fourth-order valence-electron chi connectivity index (χ4n) is 4.58. The van der Waals surface area contributed by atoms with Gasteiger partial charge < -0.3 is 11.1 Å². The minimum Gasteiger partial charge on any atom is -0.322 e. The lowest BCUT2D eigenvalue weighted by atomic mass is 9.66. The lowest BCUT2D eigenvalue weighted by Gasteiger charge is -2.43. The molecule has 0 bridgehead atoms. The van der Waals surface area contributed by atoms with Crippen molar-refractivity contribution in [2.24, 2.45) is 33.7 Å². The smallest absolute Gasteiger partial charge is 0.273 e. The van der Waals surface area contributed by atoms with Crippen LogP contribution in [0.1, 0.15) is 45.4 Å². The average molecular weight is 463 g/mol. The van der Waals surface area contributed by atoms with Crippen LogP contribution in [0.4, 0.5) is 0 Å². The molecule has 5 unspecified atom stereocenters. The van der Waals surface area contributed by atoms with Crippen molar-refractivity contribution in [2.45, 2.75) is 62.0 Å². The van der Waals surface area contributed by atoms with Crippen LogP contribution in [0, 0.1) is 23.2 Å². The van der Waals surface area contributed by atoms with Gasteiger partial charge in [0.15, 0.2) is 5.78 Å². The molecule has 3 saturated carbocycles. The van der Waals surface area contributed by atoms with Crippen LogP contribution in [0.15, 0.2) is 10.2 Å². The minimum atomic E-state index is -4.72. The number of Topliss-reactive ketones (excluding diaryl/α,β-unsaturated/α-hetero) is 1. The molecule has 3 fully saturated rings. The maximum Gasteiger partial charge on any atom is 0.273 e. The minimum absolute atomic E-state index is 0.170. The second-order valence-corrected chi connectivity index (χ2v) is 11.6. The summed E-state index contributed by atoms with van der Waals surface area (Å²) < 4.78 is 66.2. The molecule has 5 N–H and O–H groups in total. The van der Waals surface area contributed by atoms with Gasteiger partial charge in [-0.1, -0.05) is 6.92 Å². The summed E-state index contributed by atoms with van der Waals surface area (Å²) in [5.41, 5.74) is 5.98. The van der Waals surface area contributed by atoms with Gasteiger partial charge in [0.2, 0.25) is 0 Å². The van der Waals surface area contributed by atoms with Crippen LogP contribution in [0.2, 0.25) is 0 Å². The average Bonchev–Trinajstić information content (AvgIpc) is 2.63. The summed E-state index contributed by atoms with van der Waals surface area (Å²) in [5, 5.41) is 12.7. The first kappa shape index (κ1) is 23.1. The van der Waals surface area contributed by atoms with Crippen LogP contribution < -0.4 is 5.73 Å². The number of hydrogen-bond acceptors (Lipinski definition) is 9. The van der Waals surface area contributed by atoms with Gasteiger partial charge in [-0.15, -0.1) is 0 Å². The molecule has 168 valence electrons. The Bertz CT molecular complexity index is 1010. The monoisotopic (exact) mass is 462 g/mol. The van der Waals surface area contributed by atoms with Crippen molar-refractivity contribution < 1.29 is 30.7 Å². The predicted octanol–water partition coefficient (Wildman–Crippen LogP) is 0.462. The lowest BCUT2D eigenvalue weighted by Crippen LogP contribution is -2.61. The zero-order chi connectivity index (χ0) is 22.4. The zero-order valence-electron chi connectivity index (χ0n) is 16.4. The second-order valence-electron chi connectivity index (χ2n) is 8.44. The molecule has 0 heterocycles. The largest absolute Gasteiger partial charge is 0.322 e. The molecule has 0 saturated heterocycles. The summed E-state index contributed by atoms with van der Waals surface area (Å²) in [7, 11) is -9.38. The highest BCUT2D eigenvalue weighted by molar-refractivity contribution is 7.87. The lowest BCUT2D eigenvalue weighted by molar-refractivity contribution is -0.119. The Morgan fingerprint density at radius 2 is 1.53 bits per heavy atom. The third-order valence-electron chi connectivity index (χ3n) is 6.37. The maximum absolute atomic E-state index is 12.7. The number of fused-ring (bicyclic) bond motifs is 1. The molecular weight excluding hydrogens is 436 g/mol. The van der Waals surface area contributed by atoms with E-state index in [2.05, 4.69) is 17.1 Å². The van der Waals surface area contributed by atoms with Gasteiger partial charge in [0.05, 0.1) is 17.5 Å². The predicted molar refractivity (Wildman–Crippen MR) is 110 cm³/mol. The summed E-state index contributed by atoms with van der Waals surface area (Å²) in [5.74, 6) is -2.25. The molecule has 0 aromatic rings. The Hall–Kier alpha value is -1.54. The summed E-state index contributed by atoms with van der Waals surface area (Å²) in [4.78, 5) is 12.7. The van der Waals surface area contributed by atoms with Crippen molar-refractivity contribution in [3.63, 3.8) is 0 Å². The summed E-state index contributed by atoms with van der Waals surface area (Å²) in [6.07, 6.45) is 2.62. The molecule has 30 heavy (non-hydrogen) atoms. The van der Waals surface area contributed by atoms with Gasteiger partial charge >= 0.3 is 0 Å². The SMILES string of the molecule is CC1CCC(=N/N=C2/C(N)C3C(=O)C(=N)C(S(=O)(=O)O)CC3CC2S(=O)(=O)O)CC1. The van der Waals surface area contributed by atoms with Gasteiger partial charge in [0.25, 0.3) is 20.2 Å². The zero-order valence-corrected chi connectivity index (χ0v) is 18.1. The molecule has 13 heteroatoms. The normalized spacial score (nSPS) is 37.2. The fraction of sp³-hybridized carbons (Fsp3) is 0.765. The van der Waals surface area contributed by atoms with Crippen LogP contribution in [0.25, 0.3) is 0 Å². The highest BCUT2D eigenvalue weighted by Gasteiger charge is 2.54. The van der Waals surface area contributed by atoms with Crippen molar-refractivity contribution in [3.8, 4) is 0 Å². The second kappa shape index (κ2) is 8.19. The van der Waals surface area contributed by atoms with E-state index in [1.54, 1.807) is 0 Å². The van der Waals surface area contributed by atoms with Gasteiger partial charge in [0.1, 0.15) is 10.5 Å². The first-order valence-electron chi connectivity index (χ1n) is 9.74. The van der Waals surface area contributed by atoms with E-state index in [-0.39, 0.29) is 18.6 Å². The molecule has 11 nitrogen and oxygen atoms in total. The third kappa shape index (κ3) is 4.54. The molecule has 0 radical (unpaired) electrons. The molecule has 5 atom stereocenters. The Kier molecular flexibility index (Phi) is 6.31. The van der Waals surface area contributed by atoms with Crippen molar-refractivity contribution in [1.82, 2.24) is 0 Å². The number of carbonyl (C=O) groups is 1. The van der Waals surface area contributed by atoms with Gasteiger partial charge in [-0.05, 0) is 50.4 Å². The van der Waals surface area contributed by atoms with Crippen LogP contribution in [0.5, 0.6) is 0 Å². The molecule has 0 spiro atoms. The molecule has 0 aromatic carbocycles. The van der Waals surface area contributed by atoms with E-state index in [4.69, 9.17) is 11.1 Å². The number of nitrogens with zero attached hydrogens (tertiary/aromatic N) is 2. The molecule has 0 aromatic heterocycles. The van der Waals surface area contributed by atoms with Crippen LogP contribution in [-0.4, -0.2) is 65.4 Å². The number of carbonyl (C=O) groups excluding carboxylic acids is 1. The number of nitrogens with one attached hydrogen (secondary N) is 1. The van der Waals surface area contributed by atoms with Gasteiger partial charge in [-0.2, -0.15) is 27.0 Å². The van der Waals surface area contributed by atoms with Gasteiger partial charge in [-0.3, -0.25) is 13.9 Å². The topological polar surface area (TPSA) is 200 Å². The molecule has 3 aliphatic rings. The van der Waals surface area contributed by atoms with Crippen LogP contribution in [0.3, 0.4) is 0 Å². The molecule has 3 rings (SSSR count). The van der Waals surface area contributed by atoms with Crippen LogP contribution in [-0.2, 0) is 25.0 Å². The summed E-state index contributed by atoms with van der Waals surface area (Å²) in [6, 6.07) is -1.25. The highest BCUT2D eigenvalue weighted by Crippen LogP contribution is 2.40. The Morgan fingerprint density at radius 3 is 2.07 bits per heavy atom. The van der Waals surface area contributed by atoms with E-state index in [1.165, 1.54) is 0 Å². The number of nitrogens with two attached hydrogens (primary N) is 1. The molecule has 0 aliphatic heterocycles. The van der Waals surface area contributed by atoms with E-state index < -0.39 is 60.1 Å². The van der Waals surface area contributed by atoms with Crippen molar-refractivity contribution in [3.05, 3.63) is 0 Å². The van der Waals surface area contributed by atoms with Crippen molar-refractivity contribution in [2.75, 3.05) is 0 Å². The number of hydrogen-bond donors (Lipinski definition) is 4. The van der Waals surface area contributed by atoms with Gasteiger partial charge in [0, 0.05) is 11.6 Å². The first-order valence-corrected chi connectivity index (χ1v) is 12.7. The van der Waals surface area contributed by atoms with E-state index in [9.17, 15) is 30.7 Å². The van der Waals surface area contributed by atoms with E-state index >= 15 is 0 Å². The summed E-state index contributed by atoms with van der Waals surface area (Å²) in [6.45, 7) is 2.12. The Balaban J connectivity index is 1.97.